The lowest BCUT2D eigenvalue weighted by molar-refractivity contribution is -0.127. The third kappa shape index (κ3) is 2.41. The zero-order chi connectivity index (χ0) is 17.7. The molecule has 126 valence electrons. The molecule has 2 aromatic carbocycles. The van der Waals surface area contributed by atoms with E-state index in [1.54, 1.807) is 0 Å². The van der Waals surface area contributed by atoms with E-state index in [2.05, 4.69) is 21.4 Å². The molecule has 0 aliphatic carbocycles. The normalized spacial score (nSPS) is 19.5. The lowest BCUT2D eigenvalue weighted by atomic mass is 10.0. The fourth-order valence-electron chi connectivity index (χ4n) is 3.29. The van der Waals surface area contributed by atoms with E-state index in [0.29, 0.717) is 17.0 Å². The highest BCUT2D eigenvalue weighted by atomic mass is 79.9. The van der Waals surface area contributed by atoms with E-state index in [-0.39, 0.29) is 11.8 Å². The van der Waals surface area contributed by atoms with E-state index in [1.165, 1.54) is 4.90 Å². The molecule has 2 heterocycles. The molecular weight excluding hydrogens is 384 g/mol. The number of aryl methyl sites for hydroxylation is 2. The zero-order valence-corrected chi connectivity index (χ0v) is 15.3. The van der Waals surface area contributed by atoms with Crippen LogP contribution in [0.4, 0.5) is 5.69 Å². The number of halogens is 1. The lowest BCUT2D eigenvalue weighted by Crippen LogP contribution is -2.35. The molecule has 1 N–H and O–H groups in total. The molecule has 25 heavy (non-hydrogen) atoms. The molecule has 2 aliphatic heterocycles. The third-order valence-electron chi connectivity index (χ3n) is 4.48. The van der Waals surface area contributed by atoms with E-state index in [1.807, 2.05) is 56.3 Å². The Balaban J connectivity index is 1.84. The highest BCUT2D eigenvalue weighted by molar-refractivity contribution is 9.10. The molecular formula is C19H15BrN2O3. The Labute approximate surface area is 153 Å². The maximum atomic E-state index is 13.1. The van der Waals surface area contributed by atoms with Crippen LogP contribution in [0, 0.1) is 13.8 Å². The number of hydrogen-bond acceptors (Lipinski definition) is 4. The quantitative estimate of drug-likeness (QED) is 0.788. The molecule has 1 fully saturated rings. The molecule has 0 saturated carbocycles. The molecule has 6 heteroatoms. The van der Waals surface area contributed by atoms with Crippen LogP contribution in [0.25, 0.3) is 5.70 Å². The van der Waals surface area contributed by atoms with Crippen LogP contribution in [0.2, 0.25) is 0 Å². The fraction of sp³-hybridized carbons (Fsp3) is 0.158. The van der Waals surface area contributed by atoms with E-state index in [4.69, 9.17) is 4.84 Å². The van der Waals surface area contributed by atoms with E-state index < -0.39 is 6.10 Å². The van der Waals surface area contributed by atoms with Gasteiger partial charge in [0.15, 0.2) is 6.10 Å². The second-order valence-corrected chi connectivity index (χ2v) is 7.03. The van der Waals surface area contributed by atoms with Gasteiger partial charge in [-0.25, -0.2) is 4.90 Å². The van der Waals surface area contributed by atoms with Crippen molar-refractivity contribution in [3.63, 3.8) is 0 Å². The van der Waals surface area contributed by atoms with Crippen molar-refractivity contribution in [2.75, 3.05) is 4.90 Å². The summed E-state index contributed by atoms with van der Waals surface area (Å²) in [6, 6.07) is 13.2. The van der Waals surface area contributed by atoms with Gasteiger partial charge >= 0.3 is 0 Å². The minimum absolute atomic E-state index is 0.338. The minimum Gasteiger partial charge on any atom is -0.270 e. The van der Waals surface area contributed by atoms with Crippen molar-refractivity contribution in [3.05, 3.63) is 69.2 Å². The van der Waals surface area contributed by atoms with Crippen LogP contribution in [-0.4, -0.2) is 17.9 Å². The highest BCUT2D eigenvalue weighted by Gasteiger charge is 2.51. The van der Waals surface area contributed by atoms with Crippen molar-refractivity contribution in [3.8, 4) is 0 Å². The minimum atomic E-state index is -0.912. The van der Waals surface area contributed by atoms with Crippen molar-refractivity contribution in [1.82, 2.24) is 5.48 Å². The fourth-order valence-corrected chi connectivity index (χ4v) is 3.56. The number of imide groups is 1. The molecule has 0 unspecified atom stereocenters. The monoisotopic (exact) mass is 398 g/mol. The van der Waals surface area contributed by atoms with Crippen LogP contribution >= 0.6 is 15.9 Å². The lowest BCUT2D eigenvalue weighted by Gasteiger charge is -2.20. The number of anilines is 1. The van der Waals surface area contributed by atoms with E-state index >= 15 is 0 Å². The summed E-state index contributed by atoms with van der Waals surface area (Å²) in [5, 5.41) is 0. The van der Waals surface area contributed by atoms with E-state index in [0.717, 1.165) is 21.2 Å². The van der Waals surface area contributed by atoms with Crippen LogP contribution in [0.1, 0.15) is 16.7 Å². The highest BCUT2D eigenvalue weighted by Crippen LogP contribution is 2.38. The van der Waals surface area contributed by atoms with Crippen molar-refractivity contribution in [2.45, 2.75) is 20.0 Å². The Morgan fingerprint density at radius 1 is 1.04 bits per heavy atom. The summed E-state index contributed by atoms with van der Waals surface area (Å²) in [5.41, 5.74) is 6.84. The summed E-state index contributed by atoms with van der Waals surface area (Å²) in [7, 11) is 0. The van der Waals surface area contributed by atoms with Gasteiger partial charge in [-0.05, 0) is 37.1 Å². The first-order valence-corrected chi connectivity index (χ1v) is 8.64. The molecule has 0 bridgehead atoms. The predicted octanol–water partition coefficient (Wildman–Crippen LogP) is 3.25. The summed E-state index contributed by atoms with van der Waals surface area (Å²) in [4.78, 5) is 32.6. The summed E-state index contributed by atoms with van der Waals surface area (Å²) in [5.74, 6) is -0.702. The largest absolute Gasteiger partial charge is 0.270 e. The number of carbonyl (C=O) groups is 2. The molecule has 1 atom stereocenters. The topological polar surface area (TPSA) is 58.6 Å². The number of rotatable bonds is 2. The van der Waals surface area contributed by atoms with Gasteiger partial charge in [0.1, 0.15) is 0 Å². The predicted molar refractivity (Wildman–Crippen MR) is 97.5 cm³/mol. The van der Waals surface area contributed by atoms with Gasteiger partial charge in [-0.2, -0.15) is 0 Å². The van der Waals surface area contributed by atoms with Crippen LogP contribution in [0.5, 0.6) is 0 Å². The number of amides is 2. The summed E-state index contributed by atoms with van der Waals surface area (Å²) >= 11 is 3.39. The Kier molecular flexibility index (Phi) is 3.74. The van der Waals surface area contributed by atoms with Gasteiger partial charge < -0.3 is 0 Å². The number of nitrogens with one attached hydrogen (secondary N) is 1. The van der Waals surface area contributed by atoms with Gasteiger partial charge in [-0.15, -0.1) is 0 Å². The Morgan fingerprint density at radius 2 is 1.68 bits per heavy atom. The SMILES string of the molecule is Cc1cccc(C)c1N1C(=O)C2=C(c3ccc(Br)cc3)NO[C@H]2C1=O. The summed E-state index contributed by atoms with van der Waals surface area (Å²) < 4.78 is 0.934. The molecule has 0 radical (unpaired) electrons. The average molecular weight is 399 g/mol. The van der Waals surface area contributed by atoms with Gasteiger partial charge in [0, 0.05) is 10.0 Å². The van der Waals surface area contributed by atoms with Gasteiger partial charge in [0.2, 0.25) is 0 Å². The van der Waals surface area contributed by atoms with Gasteiger partial charge in [-0.3, -0.25) is 19.9 Å². The first kappa shape index (κ1) is 16.1. The Morgan fingerprint density at radius 3 is 2.32 bits per heavy atom. The Bertz CT molecular complexity index is 914. The number of benzene rings is 2. The number of fused-ring (bicyclic) bond motifs is 1. The smallest absolute Gasteiger partial charge is 0.270 e. The molecule has 1 saturated heterocycles. The summed E-state index contributed by atoms with van der Waals surface area (Å²) in [6.07, 6.45) is -0.912. The van der Waals surface area contributed by atoms with Gasteiger partial charge in [-0.1, -0.05) is 46.3 Å². The van der Waals surface area contributed by atoms with Crippen molar-refractivity contribution >= 4 is 39.1 Å². The molecule has 2 amide bonds. The molecule has 2 aliphatic rings. The second-order valence-electron chi connectivity index (χ2n) is 6.11. The van der Waals surface area contributed by atoms with Crippen LogP contribution in [-0.2, 0) is 14.4 Å². The number of carbonyl (C=O) groups excluding carboxylic acids is 2. The molecule has 2 aromatic rings. The maximum absolute atomic E-state index is 13.1. The van der Waals surface area contributed by atoms with Crippen molar-refractivity contribution in [1.29, 1.82) is 0 Å². The Hall–Kier alpha value is -2.44. The maximum Gasteiger partial charge on any atom is 0.270 e. The first-order valence-electron chi connectivity index (χ1n) is 7.85. The van der Waals surface area contributed by atoms with Crippen LogP contribution < -0.4 is 10.4 Å². The second kappa shape index (κ2) is 5.82. The zero-order valence-electron chi connectivity index (χ0n) is 13.7. The van der Waals surface area contributed by atoms with Crippen LogP contribution in [0.15, 0.2) is 52.5 Å². The number of hydroxylamine groups is 1. The average Bonchev–Trinajstić information content (AvgIpc) is 3.11. The molecule has 0 spiro atoms. The van der Waals surface area contributed by atoms with Gasteiger partial charge in [0.25, 0.3) is 11.8 Å². The number of nitrogens with zero attached hydrogens (tertiary/aromatic N) is 1. The van der Waals surface area contributed by atoms with Gasteiger partial charge in [0.05, 0.1) is 17.0 Å². The number of para-hydroxylation sites is 1. The van der Waals surface area contributed by atoms with E-state index in [9.17, 15) is 9.59 Å². The molecule has 5 nitrogen and oxygen atoms in total. The summed E-state index contributed by atoms with van der Waals surface area (Å²) in [6.45, 7) is 3.78. The number of hydrogen-bond donors (Lipinski definition) is 1. The third-order valence-corrected chi connectivity index (χ3v) is 5.01. The molecule has 4 rings (SSSR count). The molecule has 0 aromatic heterocycles. The van der Waals surface area contributed by atoms with Crippen LogP contribution in [0.3, 0.4) is 0 Å². The standard InChI is InChI=1S/C19H15BrN2O3/c1-10-4-3-5-11(2)16(10)22-18(23)14-15(21-25-17(14)19(22)24)12-6-8-13(20)9-7-12/h3-9,17,21H,1-2H3/t17-/m1/s1. The first-order chi connectivity index (χ1) is 12.0. The van der Waals surface area contributed by atoms with Crippen molar-refractivity contribution in [2.24, 2.45) is 0 Å². The van der Waals surface area contributed by atoms with Crippen molar-refractivity contribution < 1.29 is 14.4 Å².